The summed E-state index contributed by atoms with van der Waals surface area (Å²) in [5.41, 5.74) is 0.766. The predicted octanol–water partition coefficient (Wildman–Crippen LogP) is 3.87. The van der Waals surface area contributed by atoms with Crippen molar-refractivity contribution in [3.05, 3.63) is 47.5 Å². The van der Waals surface area contributed by atoms with E-state index in [2.05, 4.69) is 5.32 Å². The van der Waals surface area contributed by atoms with Crippen molar-refractivity contribution < 1.29 is 24.1 Å². The average Bonchev–Trinajstić information content (AvgIpc) is 2.66. The first-order valence-corrected chi connectivity index (χ1v) is 9.30. The predicted molar refractivity (Wildman–Crippen MR) is 107 cm³/mol. The minimum atomic E-state index is -0.716. The molecule has 2 unspecified atom stereocenters. The molecule has 2 aromatic rings. The summed E-state index contributed by atoms with van der Waals surface area (Å²) in [6.45, 7) is 5.69. The number of ketones is 1. The van der Waals surface area contributed by atoms with Crippen molar-refractivity contribution in [2.45, 2.75) is 44.9 Å². The van der Waals surface area contributed by atoms with E-state index in [0.717, 1.165) is 5.56 Å². The number of fused-ring (bicyclic) bond motifs is 1. The van der Waals surface area contributed by atoms with E-state index in [1.54, 1.807) is 38.5 Å². The molecular formula is C22H27NO5. The molecular weight excluding hydrogens is 358 g/mol. The van der Waals surface area contributed by atoms with E-state index in [0.29, 0.717) is 29.2 Å². The first-order chi connectivity index (χ1) is 13.3. The van der Waals surface area contributed by atoms with Gasteiger partial charge >= 0.3 is 0 Å². The van der Waals surface area contributed by atoms with Crippen molar-refractivity contribution in [3.8, 4) is 23.0 Å². The summed E-state index contributed by atoms with van der Waals surface area (Å²) < 4.78 is 16.7. The van der Waals surface area contributed by atoms with Gasteiger partial charge in [0, 0.05) is 18.0 Å². The number of rotatable bonds is 6. The van der Waals surface area contributed by atoms with Gasteiger partial charge in [-0.2, -0.15) is 0 Å². The number of hydrogen-bond acceptors (Lipinski definition) is 6. The van der Waals surface area contributed by atoms with Crippen LogP contribution in [-0.4, -0.2) is 36.8 Å². The Hall–Kier alpha value is -2.73. The molecule has 0 amide bonds. The topological polar surface area (TPSA) is 77.0 Å². The molecule has 2 aromatic carbocycles. The van der Waals surface area contributed by atoms with Gasteiger partial charge in [-0.25, -0.2) is 0 Å². The Morgan fingerprint density at radius 1 is 1.11 bits per heavy atom. The molecule has 0 aliphatic carbocycles. The van der Waals surface area contributed by atoms with Gasteiger partial charge in [0.2, 0.25) is 0 Å². The van der Waals surface area contributed by atoms with Crippen LogP contribution in [0.2, 0.25) is 0 Å². The maximum atomic E-state index is 12.9. The SMILES string of the molecule is COc1cc2c(cc1OC)C(CC(C)Oc1ccccc1O)NC(C)(C)C2=O. The highest BCUT2D eigenvalue weighted by atomic mass is 16.5. The standard InChI is InChI=1S/C22H27NO5/c1-13(28-18-9-7-6-8-17(18)24)10-16-14-11-19(26-4)20(27-5)12-15(14)21(25)22(2,3)23-16/h6-9,11-13,16,23-24H,10H2,1-5H3. The second-order valence-electron chi connectivity index (χ2n) is 7.58. The molecule has 0 radical (unpaired) electrons. The molecule has 0 fully saturated rings. The van der Waals surface area contributed by atoms with Crippen LogP contribution in [0.4, 0.5) is 0 Å². The molecule has 2 N–H and O–H groups in total. The monoisotopic (exact) mass is 385 g/mol. The fourth-order valence-corrected chi connectivity index (χ4v) is 3.63. The van der Waals surface area contributed by atoms with Crippen LogP contribution >= 0.6 is 0 Å². The summed E-state index contributed by atoms with van der Waals surface area (Å²) >= 11 is 0. The third kappa shape index (κ3) is 3.78. The van der Waals surface area contributed by atoms with E-state index in [-0.39, 0.29) is 23.7 Å². The number of aromatic hydroxyl groups is 1. The lowest BCUT2D eigenvalue weighted by Gasteiger charge is -2.38. The fourth-order valence-electron chi connectivity index (χ4n) is 3.63. The normalized spacial score (nSPS) is 18.9. The quantitative estimate of drug-likeness (QED) is 0.786. The van der Waals surface area contributed by atoms with Crippen LogP contribution in [0.25, 0.3) is 0 Å². The van der Waals surface area contributed by atoms with E-state index in [1.807, 2.05) is 32.9 Å². The van der Waals surface area contributed by atoms with Crippen molar-refractivity contribution in [2.24, 2.45) is 0 Å². The Bertz CT molecular complexity index is 877. The number of carbonyl (C=O) groups excluding carboxylic acids is 1. The summed E-state index contributed by atoms with van der Waals surface area (Å²) in [4.78, 5) is 12.9. The zero-order valence-electron chi connectivity index (χ0n) is 16.9. The van der Waals surface area contributed by atoms with E-state index >= 15 is 0 Å². The van der Waals surface area contributed by atoms with Crippen LogP contribution in [0.15, 0.2) is 36.4 Å². The number of Topliss-reactive ketones (excluding diaryl/α,β-unsaturated/α-hetero) is 1. The Balaban J connectivity index is 1.92. The van der Waals surface area contributed by atoms with Crippen LogP contribution in [-0.2, 0) is 0 Å². The Labute approximate surface area is 165 Å². The van der Waals surface area contributed by atoms with Gasteiger partial charge in [0.05, 0.1) is 25.9 Å². The Kier molecular flexibility index (Phi) is 5.52. The molecule has 1 aliphatic rings. The molecule has 0 bridgehead atoms. The van der Waals surface area contributed by atoms with Crippen molar-refractivity contribution in [1.29, 1.82) is 0 Å². The summed E-state index contributed by atoms with van der Waals surface area (Å²) in [6.07, 6.45) is 0.406. The lowest BCUT2D eigenvalue weighted by molar-refractivity contribution is 0.0827. The third-order valence-electron chi connectivity index (χ3n) is 5.04. The number of benzene rings is 2. The fraction of sp³-hybridized carbons (Fsp3) is 0.409. The van der Waals surface area contributed by atoms with E-state index in [4.69, 9.17) is 14.2 Å². The Morgan fingerprint density at radius 2 is 1.75 bits per heavy atom. The lowest BCUT2D eigenvalue weighted by Crippen LogP contribution is -2.53. The molecule has 0 saturated heterocycles. The number of nitrogens with one attached hydrogen (secondary N) is 1. The largest absolute Gasteiger partial charge is 0.504 e. The first-order valence-electron chi connectivity index (χ1n) is 9.30. The van der Waals surface area contributed by atoms with E-state index < -0.39 is 5.54 Å². The zero-order chi connectivity index (χ0) is 20.5. The van der Waals surface area contributed by atoms with Gasteiger partial charge in [0.15, 0.2) is 28.8 Å². The minimum Gasteiger partial charge on any atom is -0.504 e. The Morgan fingerprint density at radius 3 is 2.39 bits per heavy atom. The smallest absolute Gasteiger partial charge is 0.182 e. The summed E-state index contributed by atoms with van der Waals surface area (Å²) in [6, 6.07) is 10.4. The van der Waals surface area contributed by atoms with Crippen LogP contribution < -0.4 is 19.5 Å². The molecule has 0 aromatic heterocycles. The van der Waals surface area contributed by atoms with Crippen LogP contribution in [0.1, 0.15) is 49.2 Å². The van der Waals surface area contributed by atoms with Gasteiger partial charge in [-0.15, -0.1) is 0 Å². The van der Waals surface area contributed by atoms with Crippen molar-refractivity contribution in [1.82, 2.24) is 5.32 Å². The van der Waals surface area contributed by atoms with Gasteiger partial charge in [-0.1, -0.05) is 12.1 Å². The second-order valence-corrected chi connectivity index (χ2v) is 7.58. The summed E-state index contributed by atoms with van der Waals surface area (Å²) in [5, 5.41) is 13.4. The minimum absolute atomic E-state index is 0.00831. The van der Waals surface area contributed by atoms with Crippen molar-refractivity contribution in [2.75, 3.05) is 14.2 Å². The van der Waals surface area contributed by atoms with Gasteiger partial charge in [0.1, 0.15) is 0 Å². The average molecular weight is 385 g/mol. The van der Waals surface area contributed by atoms with Gasteiger partial charge in [0.25, 0.3) is 0 Å². The molecule has 0 spiro atoms. The van der Waals surface area contributed by atoms with E-state index in [1.165, 1.54) is 0 Å². The van der Waals surface area contributed by atoms with Crippen molar-refractivity contribution in [3.63, 3.8) is 0 Å². The van der Waals surface area contributed by atoms with Gasteiger partial charge in [-0.3, -0.25) is 10.1 Å². The highest BCUT2D eigenvalue weighted by Gasteiger charge is 2.40. The molecule has 3 rings (SSSR count). The third-order valence-corrected chi connectivity index (χ3v) is 5.04. The molecule has 6 nitrogen and oxygen atoms in total. The number of phenols is 1. The number of methoxy groups -OCH3 is 2. The number of hydrogen-bond donors (Lipinski definition) is 2. The highest BCUT2D eigenvalue weighted by molar-refractivity contribution is 6.05. The van der Waals surface area contributed by atoms with Crippen molar-refractivity contribution >= 4 is 5.78 Å². The molecule has 0 saturated carbocycles. The summed E-state index contributed by atoms with van der Waals surface area (Å²) in [7, 11) is 3.13. The molecule has 6 heteroatoms. The van der Waals surface area contributed by atoms with Gasteiger partial charge < -0.3 is 19.3 Å². The molecule has 28 heavy (non-hydrogen) atoms. The van der Waals surface area contributed by atoms with Crippen LogP contribution in [0.3, 0.4) is 0 Å². The number of phenolic OH excluding ortho intramolecular Hbond substituents is 1. The number of carbonyl (C=O) groups is 1. The summed E-state index contributed by atoms with van der Waals surface area (Å²) in [5.74, 6) is 1.66. The van der Waals surface area contributed by atoms with Crippen LogP contribution in [0.5, 0.6) is 23.0 Å². The molecule has 1 heterocycles. The highest BCUT2D eigenvalue weighted by Crippen LogP contribution is 2.40. The first kappa shape index (κ1) is 20.0. The zero-order valence-corrected chi connectivity index (χ0v) is 16.9. The molecule has 1 aliphatic heterocycles. The number of ether oxygens (including phenoxy) is 3. The van der Waals surface area contributed by atoms with Crippen LogP contribution in [0, 0.1) is 0 Å². The number of para-hydroxylation sites is 2. The maximum Gasteiger partial charge on any atom is 0.182 e. The molecule has 2 atom stereocenters. The maximum absolute atomic E-state index is 12.9. The lowest BCUT2D eigenvalue weighted by atomic mass is 9.80. The van der Waals surface area contributed by atoms with E-state index in [9.17, 15) is 9.90 Å². The molecule has 150 valence electrons. The van der Waals surface area contributed by atoms with Gasteiger partial charge in [-0.05, 0) is 50.6 Å². The second kappa shape index (κ2) is 7.72.